The van der Waals surface area contributed by atoms with Gasteiger partial charge in [-0.2, -0.15) is 0 Å². The van der Waals surface area contributed by atoms with Crippen LogP contribution in [-0.2, 0) is 0 Å². The third kappa shape index (κ3) is 1.16. The zero-order valence-electron chi connectivity index (χ0n) is 6.45. The van der Waals surface area contributed by atoms with Gasteiger partial charge in [-0.15, -0.1) is 0 Å². The quantitative estimate of drug-likeness (QED) is 0.732. The molecular weight excluding hydrogens is 175 g/mol. The average Bonchev–Trinajstić information content (AvgIpc) is 2.48. The highest BCUT2D eigenvalue weighted by molar-refractivity contribution is 5.92. The van der Waals surface area contributed by atoms with E-state index in [1.54, 1.807) is 6.07 Å². The molecule has 0 unspecified atom stereocenters. The van der Waals surface area contributed by atoms with Crippen molar-refractivity contribution >= 4 is 16.9 Å². The lowest BCUT2D eigenvalue weighted by Gasteiger charge is -1.95. The number of carbonyl (C=O) groups is 1. The maximum atomic E-state index is 13.0. The molecule has 1 heterocycles. The molecular formula is C9H5FO3. The molecule has 0 atom stereocenters. The average molecular weight is 180 g/mol. The third-order valence-electron chi connectivity index (χ3n) is 1.77. The third-order valence-corrected chi connectivity index (χ3v) is 1.77. The highest BCUT2D eigenvalue weighted by Crippen LogP contribution is 2.19. The van der Waals surface area contributed by atoms with Gasteiger partial charge in [0.25, 0.3) is 0 Å². The van der Waals surface area contributed by atoms with E-state index < -0.39 is 11.8 Å². The fourth-order valence-electron chi connectivity index (χ4n) is 1.15. The SMILES string of the molecule is O=C(O)c1cc2occc2cc1F. The maximum Gasteiger partial charge on any atom is 0.338 e. The lowest BCUT2D eigenvalue weighted by Crippen LogP contribution is -1.99. The first-order valence-corrected chi connectivity index (χ1v) is 3.58. The summed E-state index contributed by atoms with van der Waals surface area (Å²) in [6, 6.07) is 3.89. The highest BCUT2D eigenvalue weighted by atomic mass is 19.1. The van der Waals surface area contributed by atoms with Gasteiger partial charge in [-0.3, -0.25) is 0 Å². The summed E-state index contributed by atoms with van der Waals surface area (Å²) < 4.78 is 18.0. The van der Waals surface area contributed by atoms with Crippen molar-refractivity contribution in [2.75, 3.05) is 0 Å². The van der Waals surface area contributed by atoms with Gasteiger partial charge in [0, 0.05) is 5.39 Å². The van der Waals surface area contributed by atoms with Gasteiger partial charge >= 0.3 is 5.97 Å². The van der Waals surface area contributed by atoms with Crippen LogP contribution in [0.3, 0.4) is 0 Å². The van der Waals surface area contributed by atoms with Crippen molar-refractivity contribution in [3.63, 3.8) is 0 Å². The van der Waals surface area contributed by atoms with Crippen LogP contribution < -0.4 is 0 Å². The predicted molar refractivity (Wildman–Crippen MR) is 43.1 cm³/mol. The Morgan fingerprint density at radius 2 is 2.23 bits per heavy atom. The summed E-state index contributed by atoms with van der Waals surface area (Å²) >= 11 is 0. The van der Waals surface area contributed by atoms with Crippen LogP contribution in [0.5, 0.6) is 0 Å². The number of hydrogen-bond acceptors (Lipinski definition) is 2. The van der Waals surface area contributed by atoms with E-state index in [4.69, 9.17) is 9.52 Å². The van der Waals surface area contributed by atoms with Crippen LogP contribution in [0, 0.1) is 5.82 Å². The number of benzene rings is 1. The molecule has 66 valence electrons. The van der Waals surface area contributed by atoms with E-state index in [1.165, 1.54) is 12.3 Å². The van der Waals surface area contributed by atoms with Crippen molar-refractivity contribution in [1.29, 1.82) is 0 Å². The van der Waals surface area contributed by atoms with E-state index in [-0.39, 0.29) is 5.56 Å². The number of fused-ring (bicyclic) bond motifs is 1. The molecule has 0 aliphatic rings. The van der Waals surface area contributed by atoms with Gasteiger partial charge in [0.2, 0.25) is 0 Å². The lowest BCUT2D eigenvalue weighted by molar-refractivity contribution is 0.0692. The van der Waals surface area contributed by atoms with Gasteiger partial charge in [-0.05, 0) is 18.2 Å². The second-order valence-electron chi connectivity index (χ2n) is 2.60. The molecule has 1 aromatic heterocycles. The summed E-state index contributed by atoms with van der Waals surface area (Å²) in [5.41, 5.74) is 0.00116. The molecule has 0 radical (unpaired) electrons. The summed E-state index contributed by atoms with van der Waals surface area (Å²) in [5.74, 6) is -2.04. The van der Waals surface area contributed by atoms with Gasteiger partial charge in [-0.25, -0.2) is 9.18 Å². The molecule has 13 heavy (non-hydrogen) atoms. The minimum atomic E-state index is -1.30. The fourth-order valence-corrected chi connectivity index (χ4v) is 1.15. The number of hydrogen-bond donors (Lipinski definition) is 1. The minimum Gasteiger partial charge on any atom is -0.478 e. The van der Waals surface area contributed by atoms with E-state index in [2.05, 4.69) is 0 Å². The van der Waals surface area contributed by atoms with E-state index in [0.717, 1.165) is 6.07 Å². The van der Waals surface area contributed by atoms with Crippen LogP contribution in [0.2, 0.25) is 0 Å². The molecule has 4 heteroatoms. The second kappa shape index (κ2) is 2.58. The number of carboxylic acid groups (broad SMARTS) is 1. The number of aromatic carboxylic acids is 1. The molecule has 0 bridgehead atoms. The van der Waals surface area contributed by atoms with Crippen molar-refractivity contribution in [3.05, 3.63) is 35.8 Å². The molecule has 0 saturated heterocycles. The van der Waals surface area contributed by atoms with E-state index in [1.807, 2.05) is 0 Å². The molecule has 0 spiro atoms. The van der Waals surface area contributed by atoms with Crippen molar-refractivity contribution in [2.24, 2.45) is 0 Å². The Morgan fingerprint density at radius 1 is 1.46 bits per heavy atom. The van der Waals surface area contributed by atoms with E-state index >= 15 is 0 Å². The van der Waals surface area contributed by atoms with Gasteiger partial charge in [0.15, 0.2) is 0 Å². The summed E-state index contributed by atoms with van der Waals surface area (Å²) in [5, 5.41) is 9.14. The molecule has 0 fully saturated rings. The molecule has 0 amide bonds. The maximum absolute atomic E-state index is 13.0. The summed E-state index contributed by atoms with van der Waals surface area (Å²) in [4.78, 5) is 10.5. The molecule has 0 saturated carbocycles. The Hall–Kier alpha value is -1.84. The van der Waals surface area contributed by atoms with Crippen LogP contribution in [0.25, 0.3) is 11.0 Å². The number of halogens is 1. The monoisotopic (exact) mass is 180 g/mol. The Balaban J connectivity index is 2.76. The number of rotatable bonds is 1. The van der Waals surface area contributed by atoms with Crippen LogP contribution in [0.1, 0.15) is 10.4 Å². The molecule has 0 aliphatic carbocycles. The lowest BCUT2D eigenvalue weighted by atomic mass is 10.1. The largest absolute Gasteiger partial charge is 0.478 e. The second-order valence-corrected chi connectivity index (χ2v) is 2.60. The van der Waals surface area contributed by atoms with Crippen LogP contribution >= 0.6 is 0 Å². The zero-order chi connectivity index (χ0) is 9.42. The highest BCUT2D eigenvalue weighted by Gasteiger charge is 2.12. The zero-order valence-corrected chi connectivity index (χ0v) is 6.45. The minimum absolute atomic E-state index is 0.373. The van der Waals surface area contributed by atoms with Gasteiger partial charge in [0.1, 0.15) is 11.4 Å². The molecule has 2 rings (SSSR count). The van der Waals surface area contributed by atoms with Crippen molar-refractivity contribution in [2.45, 2.75) is 0 Å². The van der Waals surface area contributed by atoms with E-state index in [0.29, 0.717) is 11.0 Å². The standard InChI is InChI=1S/C9H5FO3/c10-7-3-5-1-2-13-8(5)4-6(7)9(11)12/h1-4H,(H,11,12). The van der Waals surface area contributed by atoms with E-state index in [9.17, 15) is 9.18 Å². The normalized spacial score (nSPS) is 10.5. The topological polar surface area (TPSA) is 50.4 Å². The number of furan rings is 1. The van der Waals surface area contributed by atoms with Crippen LogP contribution in [0.15, 0.2) is 28.9 Å². The Kier molecular flexibility index (Phi) is 1.55. The summed E-state index contributed by atoms with van der Waals surface area (Å²) in [6.07, 6.45) is 1.38. The summed E-state index contributed by atoms with van der Waals surface area (Å²) in [6.45, 7) is 0. The first-order valence-electron chi connectivity index (χ1n) is 3.58. The number of carboxylic acids is 1. The van der Waals surface area contributed by atoms with Gasteiger partial charge in [-0.1, -0.05) is 0 Å². The van der Waals surface area contributed by atoms with Crippen LogP contribution in [0.4, 0.5) is 4.39 Å². The van der Waals surface area contributed by atoms with Crippen molar-refractivity contribution < 1.29 is 18.7 Å². The Labute approximate surface area is 72.4 Å². The van der Waals surface area contributed by atoms with Crippen LogP contribution in [-0.4, -0.2) is 11.1 Å². The molecule has 2 aromatic rings. The first kappa shape index (κ1) is 7.79. The molecule has 0 aliphatic heterocycles. The van der Waals surface area contributed by atoms with Gasteiger partial charge < -0.3 is 9.52 Å². The molecule has 1 N–H and O–H groups in total. The van der Waals surface area contributed by atoms with Crippen molar-refractivity contribution in [3.8, 4) is 0 Å². The first-order chi connectivity index (χ1) is 6.18. The van der Waals surface area contributed by atoms with Gasteiger partial charge in [0.05, 0.1) is 11.8 Å². The molecule has 1 aromatic carbocycles. The van der Waals surface area contributed by atoms with Crippen molar-refractivity contribution in [1.82, 2.24) is 0 Å². The molecule has 3 nitrogen and oxygen atoms in total. The predicted octanol–water partition coefficient (Wildman–Crippen LogP) is 2.27. The Morgan fingerprint density at radius 3 is 2.92 bits per heavy atom. The fraction of sp³-hybridized carbons (Fsp3) is 0. The smallest absolute Gasteiger partial charge is 0.338 e. The summed E-state index contributed by atoms with van der Waals surface area (Å²) in [7, 11) is 0. The Bertz CT molecular complexity index is 473.